The summed E-state index contributed by atoms with van der Waals surface area (Å²) in [5.74, 6) is 0.312. The molecule has 0 rings (SSSR count). The predicted molar refractivity (Wildman–Crippen MR) is 40.3 cm³/mol. The van der Waals surface area contributed by atoms with Gasteiger partial charge in [-0.15, -0.1) is 28.9 Å². The Labute approximate surface area is 68.9 Å². The highest BCUT2D eigenvalue weighted by molar-refractivity contribution is 6.18. The zero-order valence-corrected chi connectivity index (χ0v) is 6.54. The van der Waals surface area contributed by atoms with Gasteiger partial charge in [-0.25, -0.2) is 4.79 Å². The molecule has 0 unspecified atom stereocenters. The summed E-state index contributed by atoms with van der Waals surface area (Å²) in [6, 6.07) is -0.634. The van der Waals surface area contributed by atoms with Crippen molar-refractivity contribution in [3.05, 3.63) is 4.91 Å². The number of nitrogens with one attached hydrogen (secondary N) is 2. The Balaban J connectivity index is 0. The van der Waals surface area contributed by atoms with Crippen molar-refractivity contribution in [2.45, 2.75) is 0 Å². The molecular formula is C3H7Cl2N3O2. The molecule has 0 atom stereocenters. The fourth-order valence-electron chi connectivity index (χ4n) is 0.242. The van der Waals surface area contributed by atoms with Crippen LogP contribution in [0.1, 0.15) is 0 Å². The lowest BCUT2D eigenvalue weighted by atomic mass is 10.7. The number of nitrogens with zero attached hydrogens (tertiary/aromatic N) is 1. The molecule has 0 aromatic heterocycles. The highest BCUT2D eigenvalue weighted by atomic mass is 35.5. The van der Waals surface area contributed by atoms with E-state index in [2.05, 4.69) is 10.6 Å². The van der Waals surface area contributed by atoms with Crippen molar-refractivity contribution < 1.29 is 4.79 Å². The Hall–Kier alpha value is -0.550. The van der Waals surface area contributed by atoms with Gasteiger partial charge in [0.1, 0.15) is 0 Å². The Morgan fingerprint density at radius 1 is 1.60 bits per heavy atom. The number of amides is 2. The fraction of sp³-hybridized carbons (Fsp3) is 0.667. The van der Waals surface area contributed by atoms with E-state index in [4.69, 9.17) is 11.6 Å². The largest absolute Gasteiger partial charge is 0.337 e. The maximum absolute atomic E-state index is 10.2. The maximum atomic E-state index is 10.2. The molecule has 2 amide bonds. The zero-order chi connectivity index (χ0) is 7.11. The zero-order valence-electron chi connectivity index (χ0n) is 4.96. The Bertz CT molecular complexity index is 110. The number of carbonyl (C=O) groups excluding carboxylic acids is 1. The van der Waals surface area contributed by atoms with Crippen LogP contribution in [-0.2, 0) is 0 Å². The van der Waals surface area contributed by atoms with Gasteiger partial charge in [0.25, 0.3) is 0 Å². The van der Waals surface area contributed by atoms with Gasteiger partial charge < -0.3 is 5.32 Å². The van der Waals surface area contributed by atoms with E-state index in [-0.39, 0.29) is 12.4 Å². The van der Waals surface area contributed by atoms with Crippen molar-refractivity contribution in [3.8, 4) is 0 Å². The summed E-state index contributed by atoms with van der Waals surface area (Å²) in [5.41, 5.74) is 1.64. The number of alkyl halides is 1. The van der Waals surface area contributed by atoms with Gasteiger partial charge in [0, 0.05) is 12.4 Å². The first kappa shape index (κ1) is 12.2. The quantitative estimate of drug-likeness (QED) is 0.387. The highest BCUT2D eigenvalue weighted by Crippen LogP contribution is 1.69. The molecule has 0 bridgehead atoms. The van der Waals surface area contributed by atoms with Crippen molar-refractivity contribution in [2.24, 2.45) is 5.29 Å². The van der Waals surface area contributed by atoms with Crippen LogP contribution in [0.15, 0.2) is 5.29 Å². The lowest BCUT2D eigenvalue weighted by Gasteiger charge is -1.96. The van der Waals surface area contributed by atoms with E-state index in [1.807, 2.05) is 0 Å². The minimum absolute atomic E-state index is 0. The molecule has 0 fully saturated rings. The predicted octanol–water partition coefficient (Wildman–Crippen LogP) is 0.628. The number of halogens is 2. The second-order valence-corrected chi connectivity index (χ2v) is 1.53. The molecule has 0 aliphatic rings. The minimum Gasteiger partial charge on any atom is -0.335 e. The number of carbonyl (C=O) groups is 1. The van der Waals surface area contributed by atoms with Crippen LogP contribution in [0.3, 0.4) is 0 Å². The van der Waals surface area contributed by atoms with Crippen LogP contribution < -0.4 is 10.7 Å². The van der Waals surface area contributed by atoms with E-state index in [1.165, 1.54) is 0 Å². The summed E-state index contributed by atoms with van der Waals surface area (Å²) in [5, 5.41) is 4.39. The second-order valence-electron chi connectivity index (χ2n) is 1.15. The number of hydrogen-bond acceptors (Lipinski definition) is 3. The standard InChI is InChI=1S/C3H6ClN3O2.ClH/c4-1-2-5-3(8)6-7-9;/h1-2H2,(H2,5,6,8,9);1H. The van der Waals surface area contributed by atoms with E-state index < -0.39 is 6.03 Å². The third-order valence-corrected chi connectivity index (χ3v) is 0.716. The first-order valence-electron chi connectivity index (χ1n) is 2.23. The van der Waals surface area contributed by atoms with Gasteiger partial charge in [-0.2, -0.15) is 5.43 Å². The number of nitroso groups, excluding NO2 is 1. The summed E-state index contributed by atoms with van der Waals surface area (Å²) >= 11 is 5.19. The van der Waals surface area contributed by atoms with E-state index in [0.717, 1.165) is 0 Å². The van der Waals surface area contributed by atoms with Crippen molar-refractivity contribution in [1.29, 1.82) is 0 Å². The third-order valence-electron chi connectivity index (χ3n) is 0.527. The summed E-state index contributed by atoms with van der Waals surface area (Å²) in [7, 11) is 0. The van der Waals surface area contributed by atoms with Crippen LogP contribution >= 0.6 is 24.0 Å². The Morgan fingerprint density at radius 3 is 2.60 bits per heavy atom. The van der Waals surface area contributed by atoms with E-state index in [9.17, 15) is 9.70 Å². The molecule has 0 aliphatic carbocycles. The fourth-order valence-corrected chi connectivity index (χ4v) is 0.336. The Morgan fingerprint density at radius 2 is 2.20 bits per heavy atom. The first-order valence-corrected chi connectivity index (χ1v) is 2.77. The number of urea groups is 1. The average molecular weight is 188 g/mol. The summed E-state index contributed by atoms with van der Waals surface area (Å²) in [6.07, 6.45) is 0. The normalized spacial score (nSPS) is 7.30. The maximum Gasteiger partial charge on any atom is 0.337 e. The summed E-state index contributed by atoms with van der Waals surface area (Å²) < 4.78 is 0. The molecular weight excluding hydrogens is 181 g/mol. The van der Waals surface area contributed by atoms with Crippen LogP contribution in [0.25, 0.3) is 0 Å². The van der Waals surface area contributed by atoms with Gasteiger partial charge in [-0.05, 0) is 0 Å². The molecule has 0 aromatic carbocycles. The van der Waals surface area contributed by atoms with E-state index in [1.54, 1.807) is 5.43 Å². The monoisotopic (exact) mass is 187 g/mol. The molecule has 60 valence electrons. The van der Waals surface area contributed by atoms with Crippen molar-refractivity contribution in [2.75, 3.05) is 12.4 Å². The molecule has 0 aliphatic heterocycles. The van der Waals surface area contributed by atoms with Gasteiger partial charge >= 0.3 is 6.03 Å². The number of hydrogen-bond donors (Lipinski definition) is 2. The minimum atomic E-state index is -0.634. The Kier molecular flexibility index (Phi) is 10.3. The topological polar surface area (TPSA) is 70.6 Å². The molecule has 0 aromatic rings. The van der Waals surface area contributed by atoms with Crippen LogP contribution in [0.5, 0.6) is 0 Å². The second kappa shape index (κ2) is 8.45. The smallest absolute Gasteiger partial charge is 0.335 e. The molecule has 2 N–H and O–H groups in total. The summed E-state index contributed by atoms with van der Waals surface area (Å²) in [4.78, 5) is 19.6. The SMILES string of the molecule is Cl.O=NNC(=O)NCCCl. The van der Waals surface area contributed by atoms with Crippen molar-refractivity contribution in [1.82, 2.24) is 10.7 Å². The van der Waals surface area contributed by atoms with E-state index in [0.29, 0.717) is 12.4 Å². The van der Waals surface area contributed by atoms with Crippen molar-refractivity contribution in [3.63, 3.8) is 0 Å². The lowest BCUT2D eigenvalue weighted by molar-refractivity contribution is 0.242. The first-order chi connectivity index (χ1) is 4.31. The van der Waals surface area contributed by atoms with Gasteiger partial charge in [0.2, 0.25) is 0 Å². The molecule has 0 radical (unpaired) electrons. The van der Waals surface area contributed by atoms with Crippen LogP contribution in [0, 0.1) is 4.91 Å². The average Bonchev–Trinajstić information content (AvgIpc) is 1.85. The van der Waals surface area contributed by atoms with Crippen LogP contribution in [0.4, 0.5) is 4.79 Å². The van der Waals surface area contributed by atoms with Gasteiger partial charge in [-0.1, -0.05) is 0 Å². The summed E-state index contributed by atoms with van der Waals surface area (Å²) in [6.45, 7) is 0.322. The van der Waals surface area contributed by atoms with Crippen molar-refractivity contribution >= 4 is 30.0 Å². The number of rotatable bonds is 3. The molecule has 7 heteroatoms. The van der Waals surface area contributed by atoms with Crippen LogP contribution in [-0.4, -0.2) is 18.5 Å². The third kappa shape index (κ3) is 7.45. The molecule has 5 nitrogen and oxygen atoms in total. The van der Waals surface area contributed by atoms with Crippen LogP contribution in [0.2, 0.25) is 0 Å². The van der Waals surface area contributed by atoms with Gasteiger partial charge in [0.05, 0.1) is 5.29 Å². The lowest BCUT2D eigenvalue weighted by Crippen LogP contribution is -2.33. The highest BCUT2D eigenvalue weighted by Gasteiger charge is 1.94. The molecule has 0 saturated carbocycles. The molecule has 10 heavy (non-hydrogen) atoms. The van der Waals surface area contributed by atoms with Gasteiger partial charge in [-0.3, -0.25) is 0 Å². The van der Waals surface area contributed by atoms with E-state index >= 15 is 0 Å². The molecule has 0 spiro atoms. The van der Waals surface area contributed by atoms with Gasteiger partial charge in [0.15, 0.2) is 0 Å². The molecule has 0 heterocycles. The molecule has 0 saturated heterocycles.